The van der Waals surface area contributed by atoms with Gasteiger partial charge in [0, 0.05) is 5.56 Å². The van der Waals surface area contributed by atoms with Crippen LogP contribution in [0.5, 0.6) is 5.75 Å². The number of esters is 1. The van der Waals surface area contributed by atoms with Gasteiger partial charge in [0.25, 0.3) is 10.0 Å². The van der Waals surface area contributed by atoms with Crippen LogP contribution in [-0.4, -0.2) is 32.7 Å². The van der Waals surface area contributed by atoms with Crippen LogP contribution in [0.1, 0.15) is 12.5 Å². The number of para-hydroxylation sites is 1. The van der Waals surface area contributed by atoms with Crippen molar-refractivity contribution in [3.8, 4) is 5.75 Å². The summed E-state index contributed by atoms with van der Waals surface area (Å²) in [6, 6.07) is 12.2. The van der Waals surface area contributed by atoms with Crippen LogP contribution < -0.4 is 9.46 Å². The van der Waals surface area contributed by atoms with Gasteiger partial charge in [-0.2, -0.15) is 0 Å². The van der Waals surface area contributed by atoms with Gasteiger partial charge >= 0.3 is 5.97 Å². The first-order valence-corrected chi connectivity index (χ1v) is 9.04. The summed E-state index contributed by atoms with van der Waals surface area (Å²) in [5, 5.41) is 9.28. The molecule has 0 unspecified atom stereocenters. The maximum atomic E-state index is 12.4. The van der Waals surface area contributed by atoms with E-state index in [2.05, 4.69) is 4.72 Å². The van der Waals surface area contributed by atoms with Gasteiger partial charge in [-0.05, 0) is 37.3 Å². The Morgan fingerprint density at radius 3 is 2.44 bits per heavy atom. The van der Waals surface area contributed by atoms with Crippen molar-refractivity contribution < 1.29 is 27.8 Å². The molecule has 2 N–H and O–H groups in total. The molecule has 25 heavy (non-hydrogen) atoms. The van der Waals surface area contributed by atoms with Crippen LogP contribution >= 0.6 is 0 Å². The number of anilines is 1. The number of benzene rings is 2. The van der Waals surface area contributed by atoms with E-state index < -0.39 is 16.0 Å². The molecule has 0 saturated heterocycles. The Morgan fingerprint density at radius 1 is 1.12 bits per heavy atom. The molecule has 0 amide bonds. The lowest BCUT2D eigenvalue weighted by Crippen LogP contribution is -2.15. The molecule has 0 saturated carbocycles. The largest absolute Gasteiger partial charge is 0.482 e. The van der Waals surface area contributed by atoms with E-state index in [1.54, 1.807) is 31.2 Å². The highest BCUT2D eigenvalue weighted by Gasteiger charge is 2.16. The normalized spacial score (nSPS) is 11.0. The topological polar surface area (TPSA) is 102 Å². The number of hydrogen-bond acceptors (Lipinski definition) is 6. The SMILES string of the molecule is CCOC(=O)COc1ccc(S(=O)(=O)Nc2ccccc2CO)cc1. The Labute approximate surface area is 146 Å². The number of aliphatic hydroxyl groups is 1. The number of carbonyl (C=O) groups is 1. The smallest absolute Gasteiger partial charge is 0.344 e. The Kier molecular flexibility index (Phi) is 6.37. The lowest BCUT2D eigenvalue weighted by molar-refractivity contribution is -0.145. The highest BCUT2D eigenvalue weighted by molar-refractivity contribution is 7.92. The zero-order valence-corrected chi connectivity index (χ0v) is 14.5. The number of carbonyl (C=O) groups excluding carboxylic acids is 1. The molecular weight excluding hydrogens is 346 g/mol. The lowest BCUT2D eigenvalue weighted by Gasteiger charge is -2.12. The van der Waals surface area contributed by atoms with E-state index in [0.717, 1.165) is 0 Å². The Morgan fingerprint density at radius 2 is 1.80 bits per heavy atom. The summed E-state index contributed by atoms with van der Waals surface area (Å²) in [6.45, 7) is 1.43. The minimum Gasteiger partial charge on any atom is -0.482 e. The Balaban J connectivity index is 2.08. The number of sulfonamides is 1. The van der Waals surface area contributed by atoms with Crippen LogP contribution in [0.25, 0.3) is 0 Å². The highest BCUT2D eigenvalue weighted by atomic mass is 32.2. The van der Waals surface area contributed by atoms with Gasteiger partial charge in [0.1, 0.15) is 5.75 Å². The standard InChI is InChI=1S/C17H19NO6S/c1-2-23-17(20)12-24-14-7-9-15(10-8-14)25(21,22)18-16-6-4-3-5-13(16)11-19/h3-10,18-19H,2,11-12H2,1H3. The van der Waals surface area contributed by atoms with Crippen LogP contribution in [0.2, 0.25) is 0 Å². The van der Waals surface area contributed by atoms with Crippen LogP contribution in [0.15, 0.2) is 53.4 Å². The number of ether oxygens (including phenoxy) is 2. The molecule has 7 nitrogen and oxygen atoms in total. The van der Waals surface area contributed by atoms with Crippen LogP contribution in [0.4, 0.5) is 5.69 Å². The first-order valence-electron chi connectivity index (χ1n) is 7.56. The zero-order chi connectivity index (χ0) is 18.3. The lowest BCUT2D eigenvalue weighted by atomic mass is 10.2. The third kappa shape index (κ3) is 5.20. The van der Waals surface area contributed by atoms with E-state index in [1.807, 2.05) is 0 Å². The molecule has 0 aliphatic rings. The first kappa shape index (κ1) is 18.8. The highest BCUT2D eigenvalue weighted by Crippen LogP contribution is 2.22. The summed E-state index contributed by atoms with van der Waals surface area (Å²) in [4.78, 5) is 11.3. The molecule has 0 aliphatic carbocycles. The van der Waals surface area contributed by atoms with Gasteiger partial charge < -0.3 is 14.6 Å². The minimum atomic E-state index is -3.81. The number of aliphatic hydroxyl groups excluding tert-OH is 1. The van der Waals surface area contributed by atoms with E-state index >= 15 is 0 Å². The molecule has 0 atom stereocenters. The summed E-state index contributed by atoms with van der Waals surface area (Å²) in [6.07, 6.45) is 0. The summed E-state index contributed by atoms with van der Waals surface area (Å²) in [5.74, 6) is -0.149. The maximum Gasteiger partial charge on any atom is 0.344 e. The van der Waals surface area contributed by atoms with Crippen molar-refractivity contribution in [1.82, 2.24) is 0 Å². The van der Waals surface area contributed by atoms with Gasteiger partial charge in [0.15, 0.2) is 6.61 Å². The molecule has 2 aromatic carbocycles. The molecule has 0 fully saturated rings. The summed E-state index contributed by atoms with van der Waals surface area (Å²) in [5.41, 5.74) is 0.785. The number of hydrogen-bond donors (Lipinski definition) is 2. The second-order valence-electron chi connectivity index (χ2n) is 4.99. The van der Waals surface area contributed by atoms with E-state index in [1.165, 1.54) is 24.3 Å². The fraction of sp³-hybridized carbons (Fsp3) is 0.235. The molecule has 0 heterocycles. The van der Waals surface area contributed by atoms with Gasteiger partial charge in [0.05, 0.1) is 23.8 Å². The Bertz CT molecular complexity index is 817. The van der Waals surface area contributed by atoms with Gasteiger partial charge in [0.2, 0.25) is 0 Å². The van der Waals surface area contributed by atoms with Crippen molar-refractivity contribution in [1.29, 1.82) is 0 Å². The van der Waals surface area contributed by atoms with Crippen LogP contribution in [0, 0.1) is 0 Å². The quantitative estimate of drug-likeness (QED) is 0.693. The summed E-state index contributed by atoms with van der Waals surface area (Å²) < 4.78 is 37.2. The predicted molar refractivity (Wildman–Crippen MR) is 91.7 cm³/mol. The van der Waals surface area contributed by atoms with E-state index in [4.69, 9.17) is 9.47 Å². The van der Waals surface area contributed by atoms with Crippen molar-refractivity contribution in [2.45, 2.75) is 18.4 Å². The van der Waals surface area contributed by atoms with Crippen molar-refractivity contribution in [2.75, 3.05) is 17.9 Å². The molecule has 134 valence electrons. The van der Waals surface area contributed by atoms with E-state index in [9.17, 15) is 18.3 Å². The fourth-order valence-corrected chi connectivity index (χ4v) is 3.12. The maximum absolute atomic E-state index is 12.4. The third-order valence-electron chi connectivity index (χ3n) is 3.23. The number of rotatable bonds is 8. The second-order valence-corrected chi connectivity index (χ2v) is 6.67. The molecule has 0 radical (unpaired) electrons. The average Bonchev–Trinajstić information content (AvgIpc) is 2.61. The minimum absolute atomic E-state index is 0.0312. The molecular formula is C17H19NO6S. The molecule has 2 aromatic rings. The van der Waals surface area contributed by atoms with Gasteiger partial charge in [-0.1, -0.05) is 18.2 Å². The van der Waals surface area contributed by atoms with Crippen molar-refractivity contribution >= 4 is 21.7 Å². The van der Waals surface area contributed by atoms with Crippen molar-refractivity contribution in [3.63, 3.8) is 0 Å². The van der Waals surface area contributed by atoms with E-state index in [0.29, 0.717) is 17.0 Å². The predicted octanol–water partition coefficient (Wildman–Crippen LogP) is 1.92. The van der Waals surface area contributed by atoms with E-state index in [-0.39, 0.29) is 24.7 Å². The number of nitrogens with one attached hydrogen (secondary N) is 1. The van der Waals surface area contributed by atoms with Crippen molar-refractivity contribution in [3.05, 3.63) is 54.1 Å². The van der Waals surface area contributed by atoms with Crippen LogP contribution in [0.3, 0.4) is 0 Å². The second kappa shape index (κ2) is 8.50. The van der Waals surface area contributed by atoms with Gasteiger partial charge in [-0.25, -0.2) is 13.2 Å². The monoisotopic (exact) mass is 365 g/mol. The molecule has 0 spiro atoms. The molecule has 0 bridgehead atoms. The molecule has 8 heteroatoms. The Hall–Kier alpha value is -2.58. The van der Waals surface area contributed by atoms with Crippen molar-refractivity contribution in [2.24, 2.45) is 0 Å². The summed E-state index contributed by atoms with van der Waals surface area (Å²) in [7, 11) is -3.81. The fourth-order valence-electron chi connectivity index (χ4n) is 2.02. The summed E-state index contributed by atoms with van der Waals surface area (Å²) >= 11 is 0. The first-order chi connectivity index (χ1) is 12.0. The zero-order valence-electron chi connectivity index (χ0n) is 13.6. The average molecular weight is 365 g/mol. The molecule has 2 rings (SSSR count). The molecule has 0 aliphatic heterocycles. The third-order valence-corrected chi connectivity index (χ3v) is 4.61. The molecule has 0 aromatic heterocycles. The van der Waals surface area contributed by atoms with Gasteiger partial charge in [-0.3, -0.25) is 4.72 Å². The van der Waals surface area contributed by atoms with Crippen LogP contribution in [-0.2, 0) is 26.2 Å². The van der Waals surface area contributed by atoms with Gasteiger partial charge in [-0.15, -0.1) is 0 Å².